The van der Waals surface area contributed by atoms with Gasteiger partial charge in [0.05, 0.1) is 11.4 Å². The minimum absolute atomic E-state index is 0.198. The molecule has 5 rings (SSSR count). The Morgan fingerprint density at radius 2 is 1.38 bits per heavy atom. The van der Waals surface area contributed by atoms with Crippen molar-refractivity contribution in [3.63, 3.8) is 0 Å². The highest BCUT2D eigenvalue weighted by molar-refractivity contribution is 5.75. The maximum absolute atomic E-state index is 10.2. The Labute approximate surface area is 186 Å². The molecule has 1 N–H and O–H groups in total. The number of benzene rings is 2. The minimum Gasteiger partial charge on any atom is -0.507 e. The van der Waals surface area contributed by atoms with Crippen molar-refractivity contribution in [2.24, 2.45) is 0 Å². The fourth-order valence-electron chi connectivity index (χ4n) is 3.58. The Bertz CT molecular complexity index is 1300. The van der Waals surface area contributed by atoms with Gasteiger partial charge in [-0.05, 0) is 60.7 Å². The first-order valence-corrected chi connectivity index (χ1v) is 10.3. The first-order chi connectivity index (χ1) is 15.8. The van der Waals surface area contributed by atoms with Gasteiger partial charge in [-0.1, -0.05) is 42.5 Å². The summed E-state index contributed by atoms with van der Waals surface area (Å²) in [5.74, 6) is 1.74. The SMILES string of the molecule is Oc1ccccc1-c1cc(-c2cccc(N(c3ccccc3)c3ccccn3)n2)ccn1. The molecule has 2 aromatic carbocycles. The number of aromatic nitrogens is 3. The Morgan fingerprint density at radius 3 is 2.19 bits per heavy atom. The van der Waals surface area contributed by atoms with Crippen molar-refractivity contribution in [3.05, 3.63) is 116 Å². The summed E-state index contributed by atoms with van der Waals surface area (Å²) in [6.45, 7) is 0. The summed E-state index contributed by atoms with van der Waals surface area (Å²) in [7, 11) is 0. The van der Waals surface area contributed by atoms with Gasteiger partial charge in [-0.2, -0.15) is 0 Å². The van der Waals surface area contributed by atoms with Crippen LogP contribution in [-0.2, 0) is 0 Å². The lowest BCUT2D eigenvalue weighted by Gasteiger charge is -2.23. The molecule has 0 aliphatic rings. The second kappa shape index (κ2) is 8.70. The number of anilines is 3. The molecule has 0 spiro atoms. The number of phenols is 1. The molecule has 154 valence electrons. The van der Waals surface area contributed by atoms with Crippen molar-refractivity contribution in [3.8, 4) is 28.3 Å². The summed E-state index contributed by atoms with van der Waals surface area (Å²) in [5.41, 5.74) is 4.07. The topological polar surface area (TPSA) is 62.1 Å². The number of hydrogen-bond acceptors (Lipinski definition) is 5. The molecule has 5 aromatic rings. The maximum Gasteiger partial charge on any atom is 0.139 e. The van der Waals surface area contributed by atoms with Gasteiger partial charge in [-0.3, -0.25) is 9.88 Å². The highest BCUT2D eigenvalue weighted by Gasteiger charge is 2.15. The molecule has 32 heavy (non-hydrogen) atoms. The van der Waals surface area contributed by atoms with E-state index in [9.17, 15) is 5.11 Å². The molecule has 3 heterocycles. The van der Waals surface area contributed by atoms with Gasteiger partial charge in [0.2, 0.25) is 0 Å². The summed E-state index contributed by atoms with van der Waals surface area (Å²) in [5, 5.41) is 10.2. The first kappa shape index (κ1) is 19.5. The van der Waals surface area contributed by atoms with E-state index < -0.39 is 0 Å². The van der Waals surface area contributed by atoms with E-state index in [0.29, 0.717) is 11.3 Å². The van der Waals surface area contributed by atoms with E-state index in [1.165, 1.54) is 0 Å². The lowest BCUT2D eigenvalue weighted by atomic mass is 10.1. The van der Waals surface area contributed by atoms with E-state index >= 15 is 0 Å². The lowest BCUT2D eigenvalue weighted by Crippen LogP contribution is -2.13. The quantitative estimate of drug-likeness (QED) is 0.360. The van der Waals surface area contributed by atoms with Crippen LogP contribution in [0.5, 0.6) is 5.75 Å². The number of pyridine rings is 3. The largest absolute Gasteiger partial charge is 0.507 e. The van der Waals surface area contributed by atoms with Gasteiger partial charge >= 0.3 is 0 Å². The molecule has 0 saturated heterocycles. The third-order valence-electron chi connectivity index (χ3n) is 5.09. The Morgan fingerprint density at radius 1 is 0.594 bits per heavy atom. The molecular formula is C27H20N4O. The fraction of sp³-hybridized carbons (Fsp3) is 0. The number of phenolic OH excluding ortho intramolecular Hbond substituents is 1. The van der Waals surface area contributed by atoms with Crippen LogP contribution >= 0.6 is 0 Å². The molecule has 0 saturated carbocycles. The van der Waals surface area contributed by atoms with Crippen molar-refractivity contribution in [1.82, 2.24) is 15.0 Å². The summed E-state index contributed by atoms with van der Waals surface area (Å²) in [6.07, 6.45) is 3.51. The molecule has 0 aliphatic heterocycles. The molecule has 0 radical (unpaired) electrons. The van der Waals surface area contributed by atoms with Gasteiger partial charge in [0, 0.05) is 29.2 Å². The number of hydrogen-bond donors (Lipinski definition) is 1. The van der Waals surface area contributed by atoms with E-state index in [0.717, 1.165) is 28.6 Å². The van der Waals surface area contributed by atoms with Crippen LogP contribution in [0.3, 0.4) is 0 Å². The summed E-state index contributed by atoms with van der Waals surface area (Å²) in [4.78, 5) is 16.0. The smallest absolute Gasteiger partial charge is 0.139 e. The second-order valence-electron chi connectivity index (χ2n) is 7.19. The number of aromatic hydroxyl groups is 1. The zero-order chi connectivity index (χ0) is 21.8. The predicted molar refractivity (Wildman–Crippen MR) is 127 cm³/mol. The van der Waals surface area contributed by atoms with Crippen LogP contribution in [0.15, 0.2) is 116 Å². The van der Waals surface area contributed by atoms with Gasteiger partial charge in [-0.15, -0.1) is 0 Å². The lowest BCUT2D eigenvalue weighted by molar-refractivity contribution is 0.477. The first-order valence-electron chi connectivity index (χ1n) is 10.3. The number of para-hydroxylation sites is 2. The third kappa shape index (κ3) is 3.91. The standard InChI is InChI=1S/C27H20N4O/c32-25-13-5-4-11-22(25)24-19-20(16-18-28-24)23-12-8-15-27(30-23)31(21-9-2-1-3-10-21)26-14-6-7-17-29-26/h1-19,32H. The minimum atomic E-state index is 0.198. The summed E-state index contributed by atoms with van der Waals surface area (Å²) < 4.78 is 0. The van der Waals surface area contributed by atoms with Crippen LogP contribution < -0.4 is 4.90 Å². The molecule has 0 amide bonds. The van der Waals surface area contributed by atoms with Crippen molar-refractivity contribution < 1.29 is 5.11 Å². The molecule has 0 atom stereocenters. The van der Waals surface area contributed by atoms with Gasteiger partial charge in [0.15, 0.2) is 0 Å². The Balaban J connectivity index is 1.59. The molecule has 0 aliphatic carbocycles. The third-order valence-corrected chi connectivity index (χ3v) is 5.09. The molecule has 3 aromatic heterocycles. The normalized spacial score (nSPS) is 10.6. The van der Waals surface area contributed by atoms with Crippen molar-refractivity contribution in [2.45, 2.75) is 0 Å². The van der Waals surface area contributed by atoms with Crippen LogP contribution in [0.25, 0.3) is 22.5 Å². The zero-order valence-corrected chi connectivity index (χ0v) is 17.2. The van der Waals surface area contributed by atoms with Gasteiger partial charge in [-0.25, -0.2) is 9.97 Å². The van der Waals surface area contributed by atoms with E-state index in [2.05, 4.69) is 9.97 Å². The molecule has 0 fully saturated rings. The highest BCUT2D eigenvalue weighted by atomic mass is 16.3. The van der Waals surface area contributed by atoms with Crippen LogP contribution in [0.1, 0.15) is 0 Å². The maximum atomic E-state index is 10.2. The number of nitrogens with zero attached hydrogens (tertiary/aromatic N) is 4. The van der Waals surface area contributed by atoms with Gasteiger partial charge in [0.1, 0.15) is 17.4 Å². The van der Waals surface area contributed by atoms with Crippen LogP contribution in [0.2, 0.25) is 0 Å². The van der Waals surface area contributed by atoms with E-state index in [-0.39, 0.29) is 5.75 Å². The molecule has 5 nitrogen and oxygen atoms in total. The van der Waals surface area contributed by atoms with Crippen LogP contribution in [0.4, 0.5) is 17.3 Å². The Hall–Kier alpha value is -4.51. The van der Waals surface area contributed by atoms with Gasteiger partial charge < -0.3 is 5.11 Å². The zero-order valence-electron chi connectivity index (χ0n) is 17.2. The van der Waals surface area contributed by atoms with Crippen LogP contribution in [-0.4, -0.2) is 20.1 Å². The van der Waals surface area contributed by atoms with Crippen molar-refractivity contribution in [1.29, 1.82) is 0 Å². The second-order valence-corrected chi connectivity index (χ2v) is 7.19. The summed E-state index contributed by atoms with van der Waals surface area (Å²) >= 11 is 0. The van der Waals surface area contributed by atoms with Crippen LogP contribution in [0, 0.1) is 0 Å². The van der Waals surface area contributed by atoms with Crippen molar-refractivity contribution >= 4 is 17.3 Å². The average molecular weight is 416 g/mol. The summed E-state index contributed by atoms with van der Waals surface area (Å²) in [6, 6.07) is 32.8. The van der Waals surface area contributed by atoms with E-state index in [1.54, 1.807) is 24.5 Å². The predicted octanol–water partition coefficient (Wildman–Crippen LogP) is 6.38. The number of rotatable bonds is 5. The van der Waals surface area contributed by atoms with E-state index in [1.807, 2.05) is 95.9 Å². The fourth-order valence-corrected chi connectivity index (χ4v) is 3.58. The van der Waals surface area contributed by atoms with Crippen molar-refractivity contribution in [2.75, 3.05) is 4.90 Å². The molecule has 5 heteroatoms. The molecular weight excluding hydrogens is 396 g/mol. The van der Waals surface area contributed by atoms with Gasteiger partial charge in [0.25, 0.3) is 0 Å². The molecule has 0 bridgehead atoms. The highest BCUT2D eigenvalue weighted by Crippen LogP contribution is 2.34. The molecule has 0 unspecified atom stereocenters. The van der Waals surface area contributed by atoms with E-state index in [4.69, 9.17) is 4.98 Å². The Kier molecular flexibility index (Phi) is 5.29. The monoisotopic (exact) mass is 416 g/mol. The average Bonchev–Trinajstić information content (AvgIpc) is 2.86.